The van der Waals surface area contributed by atoms with Crippen LogP contribution >= 0.6 is 11.3 Å². The number of hydrogen-bond acceptors (Lipinski definition) is 5. The molecule has 1 heterocycles. The molecule has 0 aliphatic carbocycles. The van der Waals surface area contributed by atoms with Gasteiger partial charge in [0.05, 0.1) is 0 Å². The van der Waals surface area contributed by atoms with Gasteiger partial charge < -0.3 is 4.74 Å². The summed E-state index contributed by atoms with van der Waals surface area (Å²) in [4.78, 5) is 35.5. The molecule has 2 aromatic rings. The number of nitrogens with zero attached hydrogens (tertiary/aromatic N) is 1. The topological polar surface area (TPSA) is 65.4 Å². The Balaban J connectivity index is 2.02. The first-order chi connectivity index (χ1) is 10.8. The van der Waals surface area contributed by atoms with Crippen LogP contribution in [0.2, 0.25) is 0 Å². The van der Waals surface area contributed by atoms with Crippen LogP contribution < -0.4 is 4.87 Å². The van der Waals surface area contributed by atoms with Gasteiger partial charge in [-0.25, -0.2) is 0 Å². The molecule has 0 unspecified atom stereocenters. The van der Waals surface area contributed by atoms with E-state index < -0.39 is 5.97 Å². The van der Waals surface area contributed by atoms with E-state index in [1.165, 1.54) is 4.57 Å². The van der Waals surface area contributed by atoms with Crippen molar-refractivity contribution in [1.29, 1.82) is 0 Å². The number of aryl methyl sites for hydroxylation is 4. The lowest BCUT2D eigenvalue weighted by Gasteiger charge is -2.11. The summed E-state index contributed by atoms with van der Waals surface area (Å²) >= 11 is 1.03. The van der Waals surface area contributed by atoms with Gasteiger partial charge in [0.1, 0.15) is 6.54 Å². The van der Waals surface area contributed by atoms with Gasteiger partial charge in [-0.05, 0) is 38.8 Å². The Bertz CT molecular complexity index is 793. The molecule has 122 valence electrons. The number of ether oxygens (including phenoxy) is 1. The molecule has 0 radical (unpaired) electrons. The maximum atomic E-state index is 12.3. The zero-order valence-corrected chi connectivity index (χ0v) is 14.5. The number of esters is 1. The molecule has 2 rings (SSSR count). The minimum absolute atomic E-state index is 0.173. The molecule has 0 aliphatic heterocycles. The van der Waals surface area contributed by atoms with Crippen LogP contribution in [0.15, 0.2) is 22.3 Å². The summed E-state index contributed by atoms with van der Waals surface area (Å²) in [5.41, 5.74) is 4.11. The number of ketones is 1. The number of rotatable bonds is 5. The fraction of sp³-hybridized carbons (Fsp3) is 0.353. The van der Waals surface area contributed by atoms with Crippen molar-refractivity contribution in [2.24, 2.45) is 0 Å². The number of carbonyl (C=O) groups excluding carboxylic acids is 2. The number of Topliss-reactive ketones (excluding diaryl/α,β-unsaturated/α-hetero) is 1. The van der Waals surface area contributed by atoms with E-state index >= 15 is 0 Å². The lowest BCUT2D eigenvalue weighted by atomic mass is 9.97. The molecule has 0 amide bonds. The second-order valence-corrected chi connectivity index (χ2v) is 6.41. The second-order valence-electron chi connectivity index (χ2n) is 5.59. The molecule has 0 bridgehead atoms. The average molecular weight is 333 g/mol. The van der Waals surface area contributed by atoms with Crippen molar-refractivity contribution in [2.75, 3.05) is 6.61 Å². The van der Waals surface area contributed by atoms with Crippen molar-refractivity contribution in [3.63, 3.8) is 0 Å². The average Bonchev–Trinajstić information content (AvgIpc) is 2.76. The molecule has 0 saturated carbocycles. The lowest BCUT2D eigenvalue weighted by molar-refractivity contribution is -0.143. The Kier molecular flexibility index (Phi) is 5.15. The van der Waals surface area contributed by atoms with Gasteiger partial charge in [-0.3, -0.25) is 19.0 Å². The van der Waals surface area contributed by atoms with Crippen LogP contribution in [-0.2, 0) is 16.1 Å². The first-order valence-corrected chi connectivity index (χ1v) is 8.09. The van der Waals surface area contributed by atoms with Crippen molar-refractivity contribution >= 4 is 23.1 Å². The molecule has 0 atom stereocenters. The Morgan fingerprint density at radius 3 is 2.26 bits per heavy atom. The van der Waals surface area contributed by atoms with Crippen LogP contribution in [0.25, 0.3) is 0 Å². The molecular formula is C17H19NO4S. The van der Waals surface area contributed by atoms with Gasteiger partial charge in [0.2, 0.25) is 5.78 Å². The van der Waals surface area contributed by atoms with Gasteiger partial charge >= 0.3 is 10.8 Å². The standard InChI is InChI=1S/C17H19NO4S/c1-10-5-11(2)16(12(3)6-10)14(19)8-22-15(20)7-18-13(4)9-23-17(18)21/h5-6,9H,7-8H2,1-4H3. The highest BCUT2D eigenvalue weighted by molar-refractivity contribution is 7.07. The number of carbonyl (C=O) groups is 2. The zero-order valence-electron chi connectivity index (χ0n) is 13.6. The van der Waals surface area contributed by atoms with Gasteiger partial charge in [-0.1, -0.05) is 29.0 Å². The maximum absolute atomic E-state index is 12.3. The van der Waals surface area contributed by atoms with Crippen molar-refractivity contribution in [3.05, 3.63) is 55.1 Å². The molecule has 0 aliphatic rings. The van der Waals surface area contributed by atoms with E-state index in [9.17, 15) is 14.4 Å². The fourth-order valence-corrected chi connectivity index (χ4v) is 3.34. The Labute approximate surface area is 138 Å². The third kappa shape index (κ3) is 3.96. The van der Waals surface area contributed by atoms with Crippen LogP contribution in [0, 0.1) is 27.7 Å². The largest absolute Gasteiger partial charge is 0.456 e. The van der Waals surface area contributed by atoms with Crippen LogP contribution in [0.4, 0.5) is 0 Å². The van der Waals surface area contributed by atoms with Crippen LogP contribution in [0.3, 0.4) is 0 Å². The maximum Gasteiger partial charge on any atom is 0.326 e. The zero-order chi connectivity index (χ0) is 17.1. The van der Waals surface area contributed by atoms with Gasteiger partial charge in [0.15, 0.2) is 6.61 Å². The molecule has 1 aromatic heterocycles. The van der Waals surface area contributed by atoms with Crippen molar-refractivity contribution in [1.82, 2.24) is 4.57 Å². The highest BCUT2D eigenvalue weighted by atomic mass is 32.1. The van der Waals surface area contributed by atoms with Gasteiger partial charge in [0, 0.05) is 16.6 Å². The lowest BCUT2D eigenvalue weighted by Crippen LogP contribution is -2.24. The Hall–Kier alpha value is -2.21. The summed E-state index contributed by atoms with van der Waals surface area (Å²) in [6, 6.07) is 3.85. The summed E-state index contributed by atoms with van der Waals surface area (Å²) in [6.45, 7) is 6.95. The van der Waals surface area contributed by atoms with Crippen molar-refractivity contribution in [2.45, 2.75) is 34.2 Å². The van der Waals surface area contributed by atoms with Crippen molar-refractivity contribution < 1.29 is 14.3 Å². The number of aromatic nitrogens is 1. The molecule has 0 N–H and O–H groups in total. The SMILES string of the molecule is Cc1cc(C)c(C(=O)COC(=O)Cn2c(C)csc2=O)c(C)c1. The third-order valence-corrected chi connectivity index (χ3v) is 4.46. The summed E-state index contributed by atoms with van der Waals surface area (Å²) in [6.07, 6.45) is 0. The van der Waals surface area contributed by atoms with Crippen LogP contribution in [-0.4, -0.2) is 22.9 Å². The van der Waals surface area contributed by atoms with E-state index in [1.807, 2.05) is 32.9 Å². The van der Waals surface area contributed by atoms with Crippen molar-refractivity contribution in [3.8, 4) is 0 Å². The molecular weight excluding hydrogens is 314 g/mol. The third-order valence-electron chi connectivity index (χ3n) is 3.58. The molecule has 1 aromatic carbocycles. The van der Waals surface area contributed by atoms with E-state index in [0.717, 1.165) is 28.0 Å². The van der Waals surface area contributed by atoms with Gasteiger partial charge in [-0.2, -0.15) is 0 Å². The quantitative estimate of drug-likeness (QED) is 0.623. The molecule has 0 spiro atoms. The van der Waals surface area contributed by atoms with E-state index in [1.54, 1.807) is 12.3 Å². The first kappa shape index (κ1) is 17.1. The summed E-state index contributed by atoms with van der Waals surface area (Å²) < 4.78 is 6.37. The number of thiazole rings is 1. The van der Waals surface area contributed by atoms with Crippen LogP contribution in [0.1, 0.15) is 32.7 Å². The molecule has 0 fully saturated rings. The van der Waals surface area contributed by atoms with Gasteiger partial charge in [-0.15, -0.1) is 0 Å². The highest BCUT2D eigenvalue weighted by Crippen LogP contribution is 2.17. The smallest absolute Gasteiger partial charge is 0.326 e. The normalized spacial score (nSPS) is 10.6. The summed E-state index contributed by atoms with van der Waals surface area (Å²) in [7, 11) is 0. The minimum atomic E-state index is -0.593. The highest BCUT2D eigenvalue weighted by Gasteiger charge is 2.16. The number of benzene rings is 1. The Morgan fingerprint density at radius 2 is 1.74 bits per heavy atom. The number of hydrogen-bond donors (Lipinski definition) is 0. The Morgan fingerprint density at radius 1 is 1.13 bits per heavy atom. The predicted molar refractivity (Wildman–Crippen MR) is 89.3 cm³/mol. The van der Waals surface area contributed by atoms with E-state index in [2.05, 4.69) is 0 Å². The fourth-order valence-electron chi connectivity index (χ4n) is 2.61. The molecule has 6 heteroatoms. The summed E-state index contributed by atoms with van der Waals surface area (Å²) in [5.74, 6) is -0.827. The van der Waals surface area contributed by atoms with Crippen LogP contribution in [0.5, 0.6) is 0 Å². The van der Waals surface area contributed by atoms with E-state index in [0.29, 0.717) is 11.3 Å². The molecule has 23 heavy (non-hydrogen) atoms. The molecule has 5 nitrogen and oxygen atoms in total. The predicted octanol–water partition coefficient (Wildman–Crippen LogP) is 2.57. The van der Waals surface area contributed by atoms with E-state index in [-0.39, 0.29) is 23.8 Å². The van der Waals surface area contributed by atoms with E-state index in [4.69, 9.17) is 4.74 Å². The first-order valence-electron chi connectivity index (χ1n) is 7.21. The van der Waals surface area contributed by atoms with Gasteiger partial charge in [0.25, 0.3) is 0 Å². The minimum Gasteiger partial charge on any atom is -0.456 e. The monoisotopic (exact) mass is 333 g/mol. The molecule has 0 saturated heterocycles. The second kappa shape index (κ2) is 6.91. The summed E-state index contributed by atoms with van der Waals surface area (Å²) in [5, 5.41) is 1.68.